The molecule has 1 heteroatoms. The first-order valence-corrected chi connectivity index (χ1v) is 13.3. The lowest BCUT2D eigenvalue weighted by atomic mass is 9.44. The number of fused-ring (bicyclic) bond motifs is 3. The van der Waals surface area contributed by atoms with Crippen molar-refractivity contribution in [1.29, 1.82) is 0 Å². The molecule has 3 aliphatic carbocycles. The molecule has 0 aromatic heterocycles. The molecule has 0 radical (unpaired) electrons. The van der Waals surface area contributed by atoms with Crippen molar-refractivity contribution >= 4 is 0 Å². The second-order valence-corrected chi connectivity index (χ2v) is 13.2. The van der Waals surface area contributed by atoms with Crippen LogP contribution in [0, 0.1) is 52.3 Å². The maximum atomic E-state index is 10.1. The van der Waals surface area contributed by atoms with E-state index in [0.717, 1.165) is 48.3 Å². The molecule has 0 aliphatic heterocycles. The predicted octanol–water partition coefficient (Wildman–Crippen LogP) is 8.27. The molecule has 0 aromatic rings. The van der Waals surface area contributed by atoms with E-state index in [0.29, 0.717) is 16.7 Å². The molecule has 0 aromatic carbocycles. The van der Waals surface area contributed by atoms with Crippen LogP contribution < -0.4 is 0 Å². The minimum Gasteiger partial charge on any atom is -0.390 e. The molecule has 2 saturated carbocycles. The van der Waals surface area contributed by atoms with E-state index in [9.17, 15) is 5.11 Å². The van der Waals surface area contributed by atoms with Crippen LogP contribution in [0.3, 0.4) is 0 Å². The Morgan fingerprint density at radius 3 is 2.43 bits per heavy atom. The number of hydrogen-bond donors (Lipinski definition) is 1. The second kappa shape index (κ2) is 8.92. The second-order valence-electron chi connectivity index (χ2n) is 13.2. The molecule has 30 heavy (non-hydrogen) atoms. The van der Waals surface area contributed by atoms with Gasteiger partial charge in [0.15, 0.2) is 0 Å². The molecule has 0 amide bonds. The molecule has 1 N–H and O–H groups in total. The zero-order chi connectivity index (χ0) is 22.3. The van der Waals surface area contributed by atoms with Gasteiger partial charge < -0.3 is 5.11 Å². The van der Waals surface area contributed by atoms with Crippen LogP contribution in [0.25, 0.3) is 0 Å². The Bertz CT molecular complexity index is 600. The third-order valence-electron chi connectivity index (χ3n) is 10.4. The van der Waals surface area contributed by atoms with Gasteiger partial charge in [-0.1, -0.05) is 66.5 Å². The molecule has 0 spiro atoms. The van der Waals surface area contributed by atoms with Gasteiger partial charge in [-0.3, -0.25) is 0 Å². The van der Waals surface area contributed by atoms with Crippen LogP contribution in [0.5, 0.6) is 0 Å². The minimum absolute atomic E-state index is 0.453. The minimum atomic E-state index is -0.526. The lowest BCUT2D eigenvalue weighted by Gasteiger charge is -2.60. The van der Waals surface area contributed by atoms with E-state index < -0.39 is 5.60 Å². The Morgan fingerprint density at radius 2 is 1.80 bits per heavy atom. The van der Waals surface area contributed by atoms with Gasteiger partial charge in [-0.25, -0.2) is 0 Å². The highest BCUT2D eigenvalue weighted by atomic mass is 16.3. The molecule has 9 atom stereocenters. The molecular formula is C29H52O. The Balaban J connectivity index is 1.74. The summed E-state index contributed by atoms with van der Waals surface area (Å²) in [4.78, 5) is 0. The zero-order valence-electron chi connectivity index (χ0n) is 21.5. The first-order valence-electron chi connectivity index (χ1n) is 13.3. The summed E-state index contributed by atoms with van der Waals surface area (Å²) in [7, 11) is 0. The normalized spacial score (nSPS) is 43.6. The summed E-state index contributed by atoms with van der Waals surface area (Å²) in [5.74, 6) is 5.69. The number of rotatable bonds is 7. The average molecular weight is 417 g/mol. The zero-order valence-corrected chi connectivity index (χ0v) is 21.5. The first-order chi connectivity index (χ1) is 13.9. The van der Waals surface area contributed by atoms with Gasteiger partial charge in [-0.15, -0.1) is 0 Å². The summed E-state index contributed by atoms with van der Waals surface area (Å²) in [6, 6.07) is 0. The fraction of sp³-hybridized carbons (Fsp3) is 0.931. The van der Waals surface area contributed by atoms with Gasteiger partial charge in [0.2, 0.25) is 0 Å². The largest absolute Gasteiger partial charge is 0.390 e. The van der Waals surface area contributed by atoms with E-state index in [4.69, 9.17) is 0 Å². The summed E-state index contributed by atoms with van der Waals surface area (Å²) < 4.78 is 0. The first kappa shape index (κ1) is 24.3. The van der Waals surface area contributed by atoms with Gasteiger partial charge in [0.1, 0.15) is 0 Å². The third kappa shape index (κ3) is 4.72. The molecule has 174 valence electrons. The third-order valence-corrected chi connectivity index (χ3v) is 10.4. The summed E-state index contributed by atoms with van der Waals surface area (Å²) >= 11 is 0. The van der Waals surface area contributed by atoms with Crippen molar-refractivity contribution in [3.63, 3.8) is 0 Å². The van der Waals surface area contributed by atoms with E-state index >= 15 is 0 Å². The van der Waals surface area contributed by atoms with Crippen LogP contribution in [0.2, 0.25) is 0 Å². The Morgan fingerprint density at radius 1 is 1.10 bits per heavy atom. The van der Waals surface area contributed by atoms with Crippen LogP contribution in [0.1, 0.15) is 113 Å². The molecule has 3 rings (SSSR count). The van der Waals surface area contributed by atoms with Crippen molar-refractivity contribution in [2.24, 2.45) is 52.3 Å². The maximum absolute atomic E-state index is 10.1. The fourth-order valence-corrected chi connectivity index (χ4v) is 8.13. The van der Waals surface area contributed by atoms with Crippen molar-refractivity contribution in [2.45, 2.75) is 119 Å². The van der Waals surface area contributed by atoms with E-state index in [1.165, 1.54) is 44.9 Å². The highest BCUT2D eigenvalue weighted by molar-refractivity contribution is 5.16. The summed E-state index contributed by atoms with van der Waals surface area (Å²) in [5.41, 5.74) is 0.472. The monoisotopic (exact) mass is 416 g/mol. The van der Waals surface area contributed by atoms with Gasteiger partial charge in [-0.2, -0.15) is 0 Å². The number of aliphatic hydroxyl groups is 1. The summed E-state index contributed by atoms with van der Waals surface area (Å²) in [6.45, 7) is 19.1. The van der Waals surface area contributed by atoms with Gasteiger partial charge in [0.25, 0.3) is 0 Å². The molecule has 0 heterocycles. The van der Waals surface area contributed by atoms with E-state index in [2.05, 4.69) is 53.7 Å². The number of hydrogen-bond acceptors (Lipinski definition) is 1. The lowest BCUT2D eigenvalue weighted by Crippen LogP contribution is -2.53. The lowest BCUT2D eigenvalue weighted by molar-refractivity contribution is -0.0865. The maximum Gasteiger partial charge on any atom is 0.0591 e. The topological polar surface area (TPSA) is 20.2 Å². The molecule has 1 nitrogen and oxygen atoms in total. The van der Waals surface area contributed by atoms with Crippen LogP contribution in [-0.4, -0.2) is 10.7 Å². The van der Waals surface area contributed by atoms with Gasteiger partial charge in [0, 0.05) is 0 Å². The van der Waals surface area contributed by atoms with Crippen molar-refractivity contribution in [1.82, 2.24) is 0 Å². The van der Waals surface area contributed by atoms with Crippen molar-refractivity contribution in [3.05, 3.63) is 12.2 Å². The Hall–Kier alpha value is -0.300. The molecule has 3 aliphatic rings. The quantitative estimate of drug-likeness (QED) is 0.414. The fourth-order valence-electron chi connectivity index (χ4n) is 8.13. The van der Waals surface area contributed by atoms with Crippen molar-refractivity contribution in [2.75, 3.05) is 0 Å². The van der Waals surface area contributed by atoms with Gasteiger partial charge in [0.05, 0.1) is 5.60 Å². The van der Waals surface area contributed by atoms with Crippen LogP contribution in [0.15, 0.2) is 12.2 Å². The Kier molecular flexibility index (Phi) is 7.23. The SMILES string of the molecule is CCC1C2C=CC3CC(C)CCC3(C)C2CCC1(C)C(C)CC(C)CCC(C)(C)O. The summed E-state index contributed by atoms with van der Waals surface area (Å²) in [6.07, 6.45) is 17.2. The van der Waals surface area contributed by atoms with Crippen LogP contribution in [0.4, 0.5) is 0 Å². The van der Waals surface area contributed by atoms with Gasteiger partial charge in [-0.05, 0) is 111 Å². The standard InChI is InChI=1S/C29H52O/c1-9-25-24-11-10-23-19-21(3)13-16-29(23,8)26(24)14-17-28(25,7)22(4)18-20(2)12-15-27(5,6)30/h10-11,20-26,30H,9,12-19H2,1-8H3. The molecule has 2 fully saturated rings. The molecule has 9 unspecified atom stereocenters. The molecule has 0 saturated heterocycles. The van der Waals surface area contributed by atoms with Crippen LogP contribution in [-0.2, 0) is 0 Å². The summed E-state index contributed by atoms with van der Waals surface area (Å²) in [5, 5.41) is 10.1. The van der Waals surface area contributed by atoms with Crippen molar-refractivity contribution < 1.29 is 5.11 Å². The predicted molar refractivity (Wildman–Crippen MR) is 130 cm³/mol. The number of allylic oxidation sites excluding steroid dienone is 2. The van der Waals surface area contributed by atoms with Crippen LogP contribution >= 0.6 is 0 Å². The van der Waals surface area contributed by atoms with E-state index in [1.54, 1.807) is 0 Å². The molecular weight excluding hydrogens is 364 g/mol. The average Bonchev–Trinajstić information content (AvgIpc) is 2.66. The molecule has 0 bridgehead atoms. The highest BCUT2D eigenvalue weighted by Crippen LogP contribution is 2.63. The van der Waals surface area contributed by atoms with Gasteiger partial charge >= 0.3 is 0 Å². The van der Waals surface area contributed by atoms with E-state index in [-0.39, 0.29) is 0 Å². The smallest absolute Gasteiger partial charge is 0.0591 e. The highest BCUT2D eigenvalue weighted by Gasteiger charge is 2.55. The van der Waals surface area contributed by atoms with E-state index in [1.807, 2.05) is 13.8 Å². The van der Waals surface area contributed by atoms with Crippen molar-refractivity contribution in [3.8, 4) is 0 Å². The Labute approximate surface area is 188 Å².